The second kappa shape index (κ2) is 7.28. The monoisotopic (exact) mass is 266 g/mol. The van der Waals surface area contributed by atoms with Crippen LogP contribution < -0.4 is 10.6 Å². The van der Waals surface area contributed by atoms with Gasteiger partial charge in [0.15, 0.2) is 0 Å². The predicted octanol–water partition coefficient (Wildman–Crippen LogP) is 1.54. The van der Waals surface area contributed by atoms with Crippen LogP contribution in [0, 0.1) is 12.8 Å². The summed E-state index contributed by atoms with van der Waals surface area (Å²) in [4.78, 5) is 11.6. The Bertz CT molecular complexity index is 412. The van der Waals surface area contributed by atoms with Crippen LogP contribution >= 0.6 is 0 Å². The van der Waals surface area contributed by atoms with Crippen LogP contribution in [0.2, 0.25) is 0 Å². The Labute approximate surface area is 115 Å². The largest absolute Gasteiger partial charge is 0.356 e. The minimum absolute atomic E-state index is 0.108. The molecule has 1 aromatic rings. The molecule has 19 heavy (non-hydrogen) atoms. The molecule has 1 amide bonds. The van der Waals surface area contributed by atoms with Crippen LogP contribution in [0.1, 0.15) is 44.5 Å². The fourth-order valence-corrected chi connectivity index (χ4v) is 1.96. The van der Waals surface area contributed by atoms with Crippen molar-refractivity contribution in [3.63, 3.8) is 0 Å². The lowest BCUT2D eigenvalue weighted by molar-refractivity contribution is -0.121. The minimum Gasteiger partial charge on any atom is -0.356 e. The molecule has 0 spiro atoms. The van der Waals surface area contributed by atoms with Gasteiger partial charge in [0, 0.05) is 44.4 Å². The Kier molecular flexibility index (Phi) is 6.02. The third-order valence-corrected chi connectivity index (χ3v) is 3.03. The molecular formula is C14H26N4O. The van der Waals surface area contributed by atoms with Gasteiger partial charge in [-0.3, -0.25) is 9.48 Å². The number of rotatable bonds is 7. The van der Waals surface area contributed by atoms with Gasteiger partial charge < -0.3 is 10.6 Å². The molecule has 1 unspecified atom stereocenters. The maximum atomic E-state index is 11.6. The van der Waals surface area contributed by atoms with Crippen molar-refractivity contribution in [3.8, 4) is 0 Å². The molecule has 0 saturated carbocycles. The van der Waals surface area contributed by atoms with E-state index >= 15 is 0 Å². The molecule has 5 nitrogen and oxygen atoms in total. The smallest absolute Gasteiger partial charge is 0.221 e. The number of carbonyl (C=O) groups excluding carboxylic acids is 1. The third-order valence-electron chi connectivity index (χ3n) is 3.03. The first-order valence-electron chi connectivity index (χ1n) is 6.90. The zero-order chi connectivity index (χ0) is 14.4. The first-order chi connectivity index (χ1) is 8.90. The van der Waals surface area contributed by atoms with E-state index in [-0.39, 0.29) is 11.9 Å². The summed E-state index contributed by atoms with van der Waals surface area (Å²) in [5, 5.41) is 10.6. The fourth-order valence-electron chi connectivity index (χ4n) is 1.96. The molecule has 1 heterocycles. The van der Waals surface area contributed by atoms with Crippen molar-refractivity contribution in [2.45, 2.75) is 40.2 Å². The number of hydrogen-bond donors (Lipinski definition) is 2. The van der Waals surface area contributed by atoms with Gasteiger partial charge in [0.05, 0.1) is 5.69 Å². The third kappa shape index (κ3) is 5.42. The zero-order valence-corrected chi connectivity index (χ0v) is 12.7. The van der Waals surface area contributed by atoms with Gasteiger partial charge in [-0.15, -0.1) is 0 Å². The second-order valence-corrected chi connectivity index (χ2v) is 5.47. The molecule has 108 valence electrons. The topological polar surface area (TPSA) is 59.0 Å². The van der Waals surface area contributed by atoms with Crippen LogP contribution in [0.25, 0.3) is 0 Å². The van der Waals surface area contributed by atoms with Gasteiger partial charge in [-0.05, 0) is 19.8 Å². The quantitative estimate of drug-likeness (QED) is 0.787. The van der Waals surface area contributed by atoms with Gasteiger partial charge in [-0.25, -0.2) is 0 Å². The summed E-state index contributed by atoms with van der Waals surface area (Å²) >= 11 is 0. The normalized spacial score (nSPS) is 12.7. The predicted molar refractivity (Wildman–Crippen MR) is 76.8 cm³/mol. The van der Waals surface area contributed by atoms with Gasteiger partial charge in [0.1, 0.15) is 0 Å². The number of nitrogens with one attached hydrogen (secondary N) is 2. The van der Waals surface area contributed by atoms with Crippen LogP contribution in [-0.4, -0.2) is 28.8 Å². The molecule has 1 rings (SSSR count). The van der Waals surface area contributed by atoms with E-state index in [1.165, 1.54) is 5.56 Å². The lowest BCUT2D eigenvalue weighted by Gasteiger charge is -2.13. The highest BCUT2D eigenvalue weighted by Crippen LogP contribution is 2.15. The molecule has 1 atom stereocenters. The van der Waals surface area contributed by atoms with E-state index in [4.69, 9.17) is 0 Å². The molecular weight excluding hydrogens is 240 g/mol. The summed E-state index contributed by atoms with van der Waals surface area (Å²) in [5.74, 6) is 0.602. The van der Waals surface area contributed by atoms with Crippen molar-refractivity contribution in [2.75, 3.05) is 13.1 Å². The standard InChI is InChI=1S/C14H26N4O/c1-10(2)8-16-14(19)6-7-15-11(3)13-9-18(5)17-12(13)4/h9-11,15H,6-8H2,1-5H3,(H,16,19). The fraction of sp³-hybridized carbons (Fsp3) is 0.714. The van der Waals surface area contributed by atoms with E-state index in [1.807, 2.05) is 24.9 Å². The number of aryl methyl sites for hydroxylation is 2. The molecule has 0 aliphatic carbocycles. The molecule has 0 fully saturated rings. The van der Waals surface area contributed by atoms with Crippen molar-refractivity contribution < 1.29 is 4.79 Å². The highest BCUT2D eigenvalue weighted by atomic mass is 16.1. The van der Waals surface area contributed by atoms with Gasteiger partial charge in [-0.2, -0.15) is 5.10 Å². The Hall–Kier alpha value is -1.36. The number of amides is 1. The van der Waals surface area contributed by atoms with Crippen LogP contribution in [0.5, 0.6) is 0 Å². The average Bonchev–Trinajstić information content (AvgIpc) is 2.65. The number of aromatic nitrogens is 2. The van der Waals surface area contributed by atoms with Gasteiger partial charge in [0.2, 0.25) is 5.91 Å². The summed E-state index contributed by atoms with van der Waals surface area (Å²) in [5.41, 5.74) is 2.22. The minimum atomic E-state index is 0.108. The van der Waals surface area contributed by atoms with E-state index in [2.05, 4.69) is 36.5 Å². The second-order valence-electron chi connectivity index (χ2n) is 5.47. The Balaban J connectivity index is 2.29. The molecule has 1 aromatic heterocycles. The summed E-state index contributed by atoms with van der Waals surface area (Å²) in [6.45, 7) is 9.70. The van der Waals surface area contributed by atoms with Gasteiger partial charge >= 0.3 is 0 Å². The summed E-state index contributed by atoms with van der Waals surface area (Å²) < 4.78 is 1.82. The van der Waals surface area contributed by atoms with Crippen molar-refractivity contribution >= 4 is 5.91 Å². The molecule has 0 aromatic carbocycles. The maximum absolute atomic E-state index is 11.6. The van der Waals surface area contributed by atoms with Gasteiger partial charge in [0.25, 0.3) is 0 Å². The first-order valence-corrected chi connectivity index (χ1v) is 6.90. The van der Waals surface area contributed by atoms with E-state index < -0.39 is 0 Å². The number of hydrogen-bond acceptors (Lipinski definition) is 3. The Morgan fingerprint density at radius 3 is 2.63 bits per heavy atom. The highest BCUT2D eigenvalue weighted by Gasteiger charge is 2.11. The average molecular weight is 266 g/mol. The highest BCUT2D eigenvalue weighted by molar-refractivity contribution is 5.76. The SMILES string of the molecule is Cc1nn(C)cc1C(C)NCCC(=O)NCC(C)C. The molecule has 0 saturated heterocycles. The molecule has 0 aliphatic heterocycles. The van der Waals surface area contributed by atoms with Crippen molar-refractivity contribution in [1.82, 2.24) is 20.4 Å². The Morgan fingerprint density at radius 1 is 1.42 bits per heavy atom. The Morgan fingerprint density at radius 2 is 2.11 bits per heavy atom. The van der Waals surface area contributed by atoms with E-state index in [9.17, 15) is 4.79 Å². The summed E-state index contributed by atoms with van der Waals surface area (Å²) in [6, 6.07) is 0.214. The molecule has 2 N–H and O–H groups in total. The van der Waals surface area contributed by atoms with E-state index in [0.717, 1.165) is 12.2 Å². The number of carbonyl (C=O) groups is 1. The molecule has 0 bridgehead atoms. The zero-order valence-electron chi connectivity index (χ0n) is 12.7. The van der Waals surface area contributed by atoms with E-state index in [1.54, 1.807) is 0 Å². The maximum Gasteiger partial charge on any atom is 0.221 e. The molecule has 0 radical (unpaired) electrons. The van der Waals surface area contributed by atoms with Crippen molar-refractivity contribution in [3.05, 3.63) is 17.5 Å². The molecule has 0 aliphatic rings. The van der Waals surface area contributed by atoms with Crippen LogP contribution in [-0.2, 0) is 11.8 Å². The van der Waals surface area contributed by atoms with E-state index in [0.29, 0.717) is 18.9 Å². The first kappa shape index (κ1) is 15.7. The van der Waals surface area contributed by atoms with Crippen molar-refractivity contribution in [1.29, 1.82) is 0 Å². The summed E-state index contributed by atoms with van der Waals surface area (Å²) in [7, 11) is 1.92. The van der Waals surface area contributed by atoms with Crippen molar-refractivity contribution in [2.24, 2.45) is 13.0 Å². The van der Waals surface area contributed by atoms with Crippen LogP contribution in [0.3, 0.4) is 0 Å². The summed E-state index contributed by atoms with van der Waals surface area (Å²) in [6.07, 6.45) is 2.53. The van der Waals surface area contributed by atoms with Crippen LogP contribution in [0.15, 0.2) is 6.20 Å². The number of nitrogens with zero attached hydrogens (tertiary/aromatic N) is 2. The lowest BCUT2D eigenvalue weighted by Crippen LogP contribution is -2.31. The lowest BCUT2D eigenvalue weighted by atomic mass is 10.1. The van der Waals surface area contributed by atoms with Gasteiger partial charge in [-0.1, -0.05) is 13.8 Å². The molecule has 5 heteroatoms. The van der Waals surface area contributed by atoms with Crippen LogP contribution in [0.4, 0.5) is 0 Å².